The minimum absolute atomic E-state index is 0.887. The molecule has 0 aliphatic rings. The molecule has 0 radical (unpaired) electrons. The van der Waals surface area contributed by atoms with Crippen LogP contribution >= 0.6 is 0 Å². The summed E-state index contributed by atoms with van der Waals surface area (Å²) in [5, 5.41) is 9.82. The van der Waals surface area contributed by atoms with E-state index in [2.05, 4.69) is 264 Å². The largest absolute Gasteiger partial charge is 0.456 e. The molecule has 2 heterocycles. The van der Waals surface area contributed by atoms with Crippen LogP contribution in [-0.2, 0) is 0 Å². The number of para-hydroxylation sites is 3. The summed E-state index contributed by atoms with van der Waals surface area (Å²) in [6.45, 7) is 0. The maximum Gasteiger partial charge on any atom is 0.136 e. The molecule has 12 aromatic carbocycles. The van der Waals surface area contributed by atoms with Crippen molar-refractivity contribution in [1.29, 1.82) is 0 Å². The summed E-state index contributed by atoms with van der Waals surface area (Å²) in [7, 11) is 0. The van der Waals surface area contributed by atoms with Gasteiger partial charge in [-0.25, -0.2) is 0 Å². The molecule has 0 spiro atoms. The minimum Gasteiger partial charge on any atom is -0.456 e. The highest BCUT2D eigenvalue weighted by atomic mass is 16.3. The van der Waals surface area contributed by atoms with Gasteiger partial charge in [0, 0.05) is 44.3 Å². The second-order valence-corrected chi connectivity index (χ2v) is 18.5. The number of furan rings is 1. The molecule has 0 N–H and O–H groups in total. The molecule has 0 saturated heterocycles. The van der Waals surface area contributed by atoms with Gasteiger partial charge in [-0.05, 0) is 157 Å². The van der Waals surface area contributed by atoms with Crippen LogP contribution in [0.1, 0.15) is 0 Å². The Bertz CT molecular complexity index is 4290. The third-order valence-electron chi connectivity index (χ3n) is 14.4. The van der Waals surface area contributed by atoms with E-state index < -0.39 is 0 Å². The van der Waals surface area contributed by atoms with E-state index in [1.807, 2.05) is 12.1 Å². The summed E-state index contributed by atoms with van der Waals surface area (Å²) < 4.78 is 8.72. The standard InChI is InChI=1S/C68H44N2O/c1-2-19-59-47(12-1)26-27-54-41-52(32-38-60(54)59)50-15-10-17-57(42-50)69(58-18-11-16-51(43-58)53-33-39-64-63-22-5-8-25-67(63)71-68(64)44-53)55-34-28-45(29-35-55)48-13-9-14-49(40-48)46-30-36-56(37-31-46)70-65-23-6-3-20-61(65)62-21-4-7-24-66(62)70/h1-44H. The van der Waals surface area contributed by atoms with Gasteiger partial charge in [0.25, 0.3) is 0 Å². The predicted molar refractivity (Wildman–Crippen MR) is 299 cm³/mol. The molecular weight excluding hydrogens is 861 g/mol. The van der Waals surface area contributed by atoms with Crippen molar-refractivity contribution in [2.75, 3.05) is 4.90 Å². The summed E-state index contributed by atoms with van der Waals surface area (Å²) >= 11 is 0. The van der Waals surface area contributed by atoms with E-state index in [0.717, 1.165) is 66.9 Å². The number of anilines is 3. The summed E-state index contributed by atoms with van der Waals surface area (Å²) in [6.07, 6.45) is 0. The van der Waals surface area contributed by atoms with Gasteiger partial charge in [0.15, 0.2) is 0 Å². The highest BCUT2D eigenvalue weighted by Crippen LogP contribution is 2.41. The molecule has 2 aromatic heterocycles. The van der Waals surface area contributed by atoms with Gasteiger partial charge in [-0.3, -0.25) is 0 Å². The summed E-state index contributed by atoms with van der Waals surface area (Å²) in [5.74, 6) is 0. The van der Waals surface area contributed by atoms with Crippen LogP contribution in [0.15, 0.2) is 271 Å². The maximum atomic E-state index is 6.35. The van der Waals surface area contributed by atoms with E-state index in [9.17, 15) is 0 Å². The van der Waals surface area contributed by atoms with Crippen LogP contribution in [0.2, 0.25) is 0 Å². The smallest absolute Gasteiger partial charge is 0.136 e. The lowest BCUT2D eigenvalue weighted by atomic mass is 9.97. The molecular formula is C68H44N2O. The molecule has 0 aliphatic heterocycles. The van der Waals surface area contributed by atoms with Gasteiger partial charge in [0.2, 0.25) is 0 Å². The molecule has 0 saturated carbocycles. The van der Waals surface area contributed by atoms with Crippen LogP contribution in [0.4, 0.5) is 17.1 Å². The van der Waals surface area contributed by atoms with Crippen LogP contribution in [0.5, 0.6) is 0 Å². The Morgan fingerprint density at radius 1 is 0.254 bits per heavy atom. The number of fused-ring (bicyclic) bond motifs is 9. The van der Waals surface area contributed by atoms with Crippen molar-refractivity contribution in [2.45, 2.75) is 0 Å². The molecule has 14 rings (SSSR count). The Morgan fingerprint density at radius 3 is 1.39 bits per heavy atom. The maximum absolute atomic E-state index is 6.35. The average molecular weight is 905 g/mol. The molecule has 0 bridgehead atoms. The Kier molecular flexibility index (Phi) is 9.53. The van der Waals surface area contributed by atoms with E-state index in [0.29, 0.717) is 0 Å². The van der Waals surface area contributed by atoms with Crippen LogP contribution in [0, 0.1) is 0 Å². The van der Waals surface area contributed by atoms with Gasteiger partial charge in [-0.1, -0.05) is 176 Å². The highest BCUT2D eigenvalue weighted by molar-refractivity contribution is 6.10. The number of benzene rings is 12. The Balaban J connectivity index is 0.824. The second kappa shape index (κ2) is 16.7. The van der Waals surface area contributed by atoms with E-state index in [4.69, 9.17) is 4.42 Å². The van der Waals surface area contributed by atoms with Crippen molar-refractivity contribution in [3.8, 4) is 50.2 Å². The fraction of sp³-hybridized carbons (Fsp3) is 0. The lowest BCUT2D eigenvalue weighted by molar-refractivity contribution is 0.669. The number of aromatic nitrogens is 1. The topological polar surface area (TPSA) is 21.3 Å². The number of hydrogen-bond acceptors (Lipinski definition) is 2. The van der Waals surface area contributed by atoms with Crippen molar-refractivity contribution >= 4 is 82.4 Å². The van der Waals surface area contributed by atoms with E-state index in [1.54, 1.807) is 0 Å². The number of nitrogens with zero attached hydrogens (tertiary/aromatic N) is 2. The molecule has 3 heteroatoms. The van der Waals surface area contributed by atoms with Crippen molar-refractivity contribution in [3.05, 3.63) is 267 Å². The molecule has 0 unspecified atom stereocenters. The van der Waals surface area contributed by atoms with Gasteiger partial charge in [-0.15, -0.1) is 0 Å². The lowest BCUT2D eigenvalue weighted by Crippen LogP contribution is -2.10. The van der Waals surface area contributed by atoms with Gasteiger partial charge >= 0.3 is 0 Å². The molecule has 3 nitrogen and oxygen atoms in total. The first-order chi connectivity index (χ1) is 35.2. The third kappa shape index (κ3) is 7.06. The average Bonchev–Trinajstić information content (AvgIpc) is 3.99. The van der Waals surface area contributed by atoms with Crippen LogP contribution < -0.4 is 4.90 Å². The zero-order chi connectivity index (χ0) is 46.8. The van der Waals surface area contributed by atoms with E-state index in [-0.39, 0.29) is 0 Å². The minimum atomic E-state index is 0.887. The van der Waals surface area contributed by atoms with Crippen molar-refractivity contribution in [1.82, 2.24) is 4.57 Å². The van der Waals surface area contributed by atoms with Crippen molar-refractivity contribution in [2.24, 2.45) is 0 Å². The quantitative estimate of drug-likeness (QED) is 0.142. The second-order valence-electron chi connectivity index (χ2n) is 18.5. The fourth-order valence-corrected chi connectivity index (χ4v) is 10.9. The van der Waals surface area contributed by atoms with Crippen LogP contribution in [0.25, 0.3) is 115 Å². The monoisotopic (exact) mass is 904 g/mol. The molecule has 0 amide bonds. The first-order valence-corrected chi connectivity index (χ1v) is 24.3. The fourth-order valence-electron chi connectivity index (χ4n) is 10.9. The molecule has 332 valence electrons. The molecule has 0 aliphatic carbocycles. The Labute approximate surface area is 411 Å². The lowest BCUT2D eigenvalue weighted by Gasteiger charge is -2.27. The summed E-state index contributed by atoms with van der Waals surface area (Å²) in [4.78, 5) is 2.38. The SMILES string of the molecule is c1cc(-c2ccc(N(c3cccc(-c4ccc5c(ccc6ccccc65)c4)c3)c3cccc(-c4ccc5c(c4)oc4ccccc45)c3)cc2)cc(-c2ccc(-n3c4ccccc4c4ccccc43)cc2)c1. The Morgan fingerprint density at radius 2 is 0.718 bits per heavy atom. The zero-order valence-corrected chi connectivity index (χ0v) is 38.7. The Hall–Kier alpha value is -9.44. The zero-order valence-electron chi connectivity index (χ0n) is 38.7. The van der Waals surface area contributed by atoms with E-state index >= 15 is 0 Å². The number of rotatable bonds is 8. The summed E-state index contributed by atoms with van der Waals surface area (Å²) in [6, 6.07) is 96.8. The van der Waals surface area contributed by atoms with Gasteiger partial charge < -0.3 is 13.9 Å². The first kappa shape index (κ1) is 40.6. The predicted octanol–water partition coefficient (Wildman–Crippen LogP) is 19.1. The van der Waals surface area contributed by atoms with Gasteiger partial charge in [0.05, 0.1) is 11.0 Å². The van der Waals surface area contributed by atoms with Crippen LogP contribution in [-0.4, -0.2) is 4.57 Å². The molecule has 0 fully saturated rings. The first-order valence-electron chi connectivity index (χ1n) is 24.3. The van der Waals surface area contributed by atoms with Gasteiger partial charge in [-0.2, -0.15) is 0 Å². The molecule has 71 heavy (non-hydrogen) atoms. The van der Waals surface area contributed by atoms with Crippen molar-refractivity contribution in [3.63, 3.8) is 0 Å². The van der Waals surface area contributed by atoms with Crippen LogP contribution in [0.3, 0.4) is 0 Å². The summed E-state index contributed by atoms with van der Waals surface area (Å²) in [5.41, 5.74) is 17.8. The molecule has 0 atom stereocenters. The third-order valence-corrected chi connectivity index (χ3v) is 14.4. The number of hydrogen-bond donors (Lipinski definition) is 0. The normalized spacial score (nSPS) is 11.7. The van der Waals surface area contributed by atoms with Gasteiger partial charge in [0.1, 0.15) is 11.2 Å². The highest BCUT2D eigenvalue weighted by Gasteiger charge is 2.17. The van der Waals surface area contributed by atoms with Crippen molar-refractivity contribution < 1.29 is 4.42 Å². The van der Waals surface area contributed by atoms with E-state index in [1.165, 1.54) is 65.6 Å². The molecule has 14 aromatic rings.